The summed E-state index contributed by atoms with van der Waals surface area (Å²) in [6.45, 7) is 4.60. The quantitative estimate of drug-likeness (QED) is 0.561. The number of aryl methyl sites for hydroxylation is 1. The average Bonchev–Trinajstić information content (AvgIpc) is 3.56. The number of amides is 2. The van der Waals surface area contributed by atoms with E-state index in [0.29, 0.717) is 0 Å². The third kappa shape index (κ3) is 4.72. The number of ether oxygens (including phenoxy) is 1. The zero-order valence-corrected chi connectivity index (χ0v) is 19.9. The standard InChI is InChI=1S/C27H33N5O2/c1-19(34-2)16-31-17-23(20-10-5-3-6-11-20)25(18-31)28-27(33)29-26-22-14-9-15-24(22)30-32(26)21-12-7-4-8-13-21/h3-8,10-13,19,23,25H,9,14-18H2,1-2H3,(H2,28,29,33)/t19-,23-,25+/m0/s1. The molecule has 0 unspecified atom stereocenters. The normalized spacial score (nSPS) is 20.8. The van der Waals surface area contributed by atoms with Crippen molar-refractivity contribution in [2.24, 2.45) is 0 Å². The van der Waals surface area contributed by atoms with Crippen LogP contribution in [0.25, 0.3) is 5.69 Å². The second kappa shape index (κ2) is 9.99. The molecule has 1 fully saturated rings. The van der Waals surface area contributed by atoms with Crippen LogP contribution in [0.15, 0.2) is 60.7 Å². The van der Waals surface area contributed by atoms with Gasteiger partial charge in [-0.15, -0.1) is 0 Å². The molecule has 2 amide bonds. The molecule has 1 aromatic heterocycles. The summed E-state index contributed by atoms with van der Waals surface area (Å²) in [5.74, 6) is 1.01. The molecule has 1 aliphatic heterocycles. The van der Waals surface area contributed by atoms with E-state index in [0.717, 1.165) is 61.7 Å². The second-order valence-corrected chi connectivity index (χ2v) is 9.36. The number of likely N-dealkylation sites (tertiary alicyclic amines) is 1. The van der Waals surface area contributed by atoms with Gasteiger partial charge in [0.25, 0.3) is 0 Å². The van der Waals surface area contributed by atoms with E-state index in [9.17, 15) is 4.79 Å². The molecule has 0 radical (unpaired) electrons. The topological polar surface area (TPSA) is 71.4 Å². The van der Waals surface area contributed by atoms with Crippen LogP contribution in [-0.2, 0) is 17.6 Å². The molecule has 34 heavy (non-hydrogen) atoms. The van der Waals surface area contributed by atoms with Gasteiger partial charge < -0.3 is 10.1 Å². The summed E-state index contributed by atoms with van der Waals surface area (Å²) in [5.41, 5.74) is 4.44. The van der Waals surface area contributed by atoms with Crippen molar-refractivity contribution < 1.29 is 9.53 Å². The first kappa shape index (κ1) is 22.6. The number of benzene rings is 2. The molecule has 178 valence electrons. The SMILES string of the molecule is CO[C@@H](C)CN1C[C@@H](NC(=O)Nc2c3c(nn2-c2ccccc2)CCC3)[C@H](c2ccccc2)C1. The highest BCUT2D eigenvalue weighted by Gasteiger charge is 2.35. The van der Waals surface area contributed by atoms with Gasteiger partial charge >= 0.3 is 6.03 Å². The highest BCUT2D eigenvalue weighted by atomic mass is 16.5. The number of para-hydroxylation sites is 1. The lowest BCUT2D eigenvalue weighted by atomic mass is 9.94. The van der Waals surface area contributed by atoms with Crippen LogP contribution in [0.5, 0.6) is 0 Å². The molecule has 1 aliphatic carbocycles. The monoisotopic (exact) mass is 459 g/mol. The summed E-state index contributed by atoms with van der Waals surface area (Å²) in [4.78, 5) is 15.7. The Hall–Kier alpha value is -3.16. The lowest BCUT2D eigenvalue weighted by molar-refractivity contribution is 0.0843. The van der Waals surface area contributed by atoms with Gasteiger partial charge in [0.05, 0.1) is 23.5 Å². The lowest BCUT2D eigenvalue weighted by Gasteiger charge is -2.21. The fraction of sp³-hybridized carbons (Fsp3) is 0.407. The Morgan fingerprint density at radius 2 is 1.82 bits per heavy atom. The third-order valence-electron chi connectivity index (χ3n) is 7.00. The molecular weight excluding hydrogens is 426 g/mol. The molecule has 2 aromatic carbocycles. The Labute approximate surface area is 201 Å². The highest BCUT2D eigenvalue weighted by Crippen LogP contribution is 2.32. The molecule has 2 aliphatic rings. The summed E-state index contributed by atoms with van der Waals surface area (Å²) in [5, 5.41) is 11.3. The van der Waals surface area contributed by atoms with Crippen molar-refractivity contribution in [2.75, 3.05) is 32.1 Å². The minimum Gasteiger partial charge on any atom is -0.380 e. The van der Waals surface area contributed by atoms with Gasteiger partial charge in [-0.2, -0.15) is 5.10 Å². The molecule has 3 aromatic rings. The van der Waals surface area contributed by atoms with Gasteiger partial charge in [0.2, 0.25) is 0 Å². The number of nitrogens with zero attached hydrogens (tertiary/aromatic N) is 3. The first-order valence-corrected chi connectivity index (χ1v) is 12.2. The number of methoxy groups -OCH3 is 1. The molecule has 0 bridgehead atoms. The second-order valence-electron chi connectivity index (χ2n) is 9.36. The Morgan fingerprint density at radius 3 is 2.56 bits per heavy atom. The first-order valence-electron chi connectivity index (χ1n) is 12.2. The Balaban J connectivity index is 1.35. The Morgan fingerprint density at radius 1 is 1.09 bits per heavy atom. The van der Waals surface area contributed by atoms with Gasteiger partial charge in [0, 0.05) is 38.2 Å². The van der Waals surface area contributed by atoms with Crippen LogP contribution in [0.1, 0.15) is 36.1 Å². The van der Waals surface area contributed by atoms with E-state index in [4.69, 9.17) is 9.84 Å². The maximum atomic E-state index is 13.3. The van der Waals surface area contributed by atoms with Crippen LogP contribution in [-0.4, -0.2) is 59.6 Å². The highest BCUT2D eigenvalue weighted by molar-refractivity contribution is 5.90. The van der Waals surface area contributed by atoms with E-state index in [2.05, 4.69) is 46.7 Å². The maximum Gasteiger partial charge on any atom is 0.320 e. The number of rotatable bonds is 7. The molecule has 0 spiro atoms. The number of carbonyl (C=O) groups excluding carboxylic acids is 1. The number of anilines is 1. The van der Waals surface area contributed by atoms with Crippen LogP contribution in [0, 0.1) is 0 Å². The number of nitrogens with one attached hydrogen (secondary N) is 2. The fourth-order valence-electron chi connectivity index (χ4n) is 5.24. The lowest BCUT2D eigenvalue weighted by Crippen LogP contribution is -2.43. The van der Waals surface area contributed by atoms with Crippen molar-refractivity contribution in [3.8, 4) is 5.69 Å². The number of aromatic nitrogens is 2. The van der Waals surface area contributed by atoms with Gasteiger partial charge in [0.1, 0.15) is 5.82 Å². The van der Waals surface area contributed by atoms with Crippen LogP contribution in [0.3, 0.4) is 0 Å². The van der Waals surface area contributed by atoms with Crippen molar-refractivity contribution in [2.45, 2.75) is 44.2 Å². The first-order chi connectivity index (χ1) is 16.6. The summed E-state index contributed by atoms with van der Waals surface area (Å²) >= 11 is 0. The van der Waals surface area contributed by atoms with Gasteiger partial charge in [0.15, 0.2) is 0 Å². The van der Waals surface area contributed by atoms with Crippen molar-refractivity contribution in [1.29, 1.82) is 0 Å². The Kier molecular flexibility index (Phi) is 6.65. The van der Waals surface area contributed by atoms with Crippen molar-refractivity contribution in [1.82, 2.24) is 20.0 Å². The number of fused-ring (bicyclic) bond motifs is 1. The van der Waals surface area contributed by atoms with Gasteiger partial charge in [-0.25, -0.2) is 9.48 Å². The minimum absolute atomic E-state index is 0.00704. The van der Waals surface area contributed by atoms with Gasteiger partial charge in [-0.1, -0.05) is 48.5 Å². The molecule has 2 N–H and O–H groups in total. The Bertz CT molecular complexity index is 1110. The van der Waals surface area contributed by atoms with E-state index >= 15 is 0 Å². The van der Waals surface area contributed by atoms with Crippen LogP contribution in [0.2, 0.25) is 0 Å². The zero-order valence-electron chi connectivity index (χ0n) is 19.9. The number of hydrogen-bond donors (Lipinski definition) is 2. The minimum atomic E-state index is -0.181. The van der Waals surface area contributed by atoms with Crippen LogP contribution >= 0.6 is 0 Å². The van der Waals surface area contributed by atoms with E-state index < -0.39 is 0 Å². The summed E-state index contributed by atoms with van der Waals surface area (Å²) in [7, 11) is 1.74. The van der Waals surface area contributed by atoms with Crippen molar-refractivity contribution in [3.05, 3.63) is 77.5 Å². The van der Waals surface area contributed by atoms with E-state index in [1.165, 1.54) is 5.56 Å². The smallest absolute Gasteiger partial charge is 0.320 e. The summed E-state index contributed by atoms with van der Waals surface area (Å²) in [6, 6.07) is 20.3. The third-order valence-corrected chi connectivity index (χ3v) is 7.00. The van der Waals surface area contributed by atoms with Gasteiger partial charge in [-0.3, -0.25) is 10.2 Å². The maximum absolute atomic E-state index is 13.3. The fourth-order valence-corrected chi connectivity index (χ4v) is 5.24. The van der Waals surface area contributed by atoms with Gasteiger partial charge in [-0.05, 0) is 43.9 Å². The van der Waals surface area contributed by atoms with Crippen LogP contribution < -0.4 is 10.6 Å². The molecule has 2 heterocycles. The number of urea groups is 1. The number of hydrogen-bond acceptors (Lipinski definition) is 4. The predicted molar refractivity (Wildman–Crippen MR) is 134 cm³/mol. The molecule has 7 heteroatoms. The molecule has 1 saturated heterocycles. The summed E-state index contributed by atoms with van der Waals surface area (Å²) < 4.78 is 7.36. The van der Waals surface area contributed by atoms with Crippen molar-refractivity contribution >= 4 is 11.8 Å². The average molecular weight is 460 g/mol. The van der Waals surface area contributed by atoms with E-state index in [1.807, 2.05) is 41.1 Å². The molecule has 5 rings (SSSR count). The largest absolute Gasteiger partial charge is 0.380 e. The zero-order chi connectivity index (χ0) is 23.5. The molecular formula is C27H33N5O2. The van der Waals surface area contributed by atoms with Crippen LogP contribution in [0.4, 0.5) is 10.6 Å². The van der Waals surface area contributed by atoms with E-state index in [1.54, 1.807) is 7.11 Å². The molecule has 0 saturated carbocycles. The van der Waals surface area contributed by atoms with E-state index in [-0.39, 0.29) is 24.1 Å². The predicted octanol–water partition coefficient (Wildman–Crippen LogP) is 3.99. The molecule has 3 atom stereocenters. The number of carbonyl (C=O) groups is 1. The molecule has 7 nitrogen and oxygen atoms in total. The van der Waals surface area contributed by atoms with Crippen molar-refractivity contribution in [3.63, 3.8) is 0 Å². The summed E-state index contributed by atoms with van der Waals surface area (Å²) in [6.07, 6.45) is 3.12.